The van der Waals surface area contributed by atoms with Crippen LogP contribution in [0.3, 0.4) is 0 Å². The van der Waals surface area contributed by atoms with Gasteiger partial charge in [0.2, 0.25) is 0 Å². The summed E-state index contributed by atoms with van der Waals surface area (Å²) in [7, 11) is 2.04. The van der Waals surface area contributed by atoms with Gasteiger partial charge in [0.05, 0.1) is 11.4 Å². The molecule has 0 amide bonds. The SMILES string of the molecule is CN(Cc1ccc(Br)cc1)c1cc(Br)ccc1N. The van der Waals surface area contributed by atoms with Gasteiger partial charge >= 0.3 is 0 Å². The van der Waals surface area contributed by atoms with Gasteiger partial charge in [-0.25, -0.2) is 0 Å². The van der Waals surface area contributed by atoms with Crippen molar-refractivity contribution in [3.63, 3.8) is 0 Å². The van der Waals surface area contributed by atoms with E-state index < -0.39 is 0 Å². The highest BCUT2D eigenvalue weighted by atomic mass is 79.9. The second-order valence-corrected chi connectivity index (χ2v) is 6.02. The largest absolute Gasteiger partial charge is 0.397 e. The normalized spacial score (nSPS) is 10.4. The van der Waals surface area contributed by atoms with E-state index in [0.29, 0.717) is 0 Å². The van der Waals surface area contributed by atoms with Crippen molar-refractivity contribution in [3.8, 4) is 0 Å². The lowest BCUT2D eigenvalue weighted by atomic mass is 10.2. The minimum absolute atomic E-state index is 0.790. The lowest BCUT2D eigenvalue weighted by Crippen LogP contribution is -2.17. The predicted molar refractivity (Wildman–Crippen MR) is 84.8 cm³/mol. The lowest BCUT2D eigenvalue weighted by Gasteiger charge is -2.21. The van der Waals surface area contributed by atoms with E-state index in [1.54, 1.807) is 0 Å². The van der Waals surface area contributed by atoms with E-state index in [4.69, 9.17) is 5.73 Å². The maximum Gasteiger partial charge on any atom is 0.0611 e. The van der Waals surface area contributed by atoms with Gasteiger partial charge in [-0.3, -0.25) is 0 Å². The van der Waals surface area contributed by atoms with Crippen LogP contribution in [0.4, 0.5) is 11.4 Å². The van der Waals surface area contributed by atoms with Gasteiger partial charge in [0, 0.05) is 22.5 Å². The monoisotopic (exact) mass is 368 g/mol. The van der Waals surface area contributed by atoms with Crippen molar-refractivity contribution in [3.05, 3.63) is 57.0 Å². The smallest absolute Gasteiger partial charge is 0.0611 e. The molecule has 0 atom stereocenters. The first-order valence-corrected chi connectivity index (χ1v) is 7.15. The van der Waals surface area contributed by atoms with Crippen molar-refractivity contribution in [1.82, 2.24) is 0 Å². The molecule has 0 bridgehead atoms. The Hall–Kier alpha value is -1.00. The Labute approximate surface area is 124 Å². The van der Waals surface area contributed by atoms with Crippen LogP contribution >= 0.6 is 31.9 Å². The Morgan fingerprint density at radius 1 is 1.00 bits per heavy atom. The Morgan fingerprint density at radius 3 is 2.28 bits per heavy atom. The predicted octanol–water partition coefficient (Wildman–Crippen LogP) is 4.43. The first-order chi connectivity index (χ1) is 8.56. The molecule has 2 aromatic carbocycles. The zero-order valence-electron chi connectivity index (χ0n) is 10.0. The lowest BCUT2D eigenvalue weighted by molar-refractivity contribution is 0.924. The van der Waals surface area contributed by atoms with E-state index in [1.807, 2.05) is 37.4 Å². The summed E-state index contributed by atoms with van der Waals surface area (Å²) in [4.78, 5) is 2.14. The van der Waals surface area contributed by atoms with Gasteiger partial charge in [-0.2, -0.15) is 0 Å². The molecule has 0 aliphatic heterocycles. The Kier molecular flexibility index (Phi) is 4.30. The van der Waals surface area contributed by atoms with Crippen LogP contribution in [0, 0.1) is 0 Å². The Morgan fingerprint density at radius 2 is 1.61 bits per heavy atom. The summed E-state index contributed by atoms with van der Waals surface area (Å²) in [6.07, 6.45) is 0. The van der Waals surface area contributed by atoms with Gasteiger partial charge in [0.1, 0.15) is 0 Å². The number of halogens is 2. The van der Waals surface area contributed by atoms with Gasteiger partial charge in [0.25, 0.3) is 0 Å². The third-order valence-corrected chi connectivity index (χ3v) is 3.76. The van der Waals surface area contributed by atoms with Crippen molar-refractivity contribution in [1.29, 1.82) is 0 Å². The molecule has 0 fully saturated rings. The third kappa shape index (κ3) is 3.27. The van der Waals surface area contributed by atoms with Crippen LogP contribution in [-0.4, -0.2) is 7.05 Å². The first kappa shape index (κ1) is 13.4. The maximum absolute atomic E-state index is 6.00. The molecular weight excluding hydrogens is 356 g/mol. The highest BCUT2D eigenvalue weighted by Gasteiger charge is 2.06. The number of nitrogens with zero attached hydrogens (tertiary/aromatic N) is 1. The zero-order chi connectivity index (χ0) is 13.1. The van der Waals surface area contributed by atoms with Crippen molar-refractivity contribution in [2.45, 2.75) is 6.54 Å². The molecule has 2 N–H and O–H groups in total. The van der Waals surface area contributed by atoms with Gasteiger partial charge in [-0.1, -0.05) is 44.0 Å². The summed E-state index contributed by atoms with van der Waals surface area (Å²) in [5.74, 6) is 0. The van der Waals surface area contributed by atoms with Crippen LogP contribution < -0.4 is 10.6 Å². The summed E-state index contributed by atoms with van der Waals surface area (Å²) in [5, 5.41) is 0. The number of nitrogens with two attached hydrogens (primary N) is 1. The van der Waals surface area contributed by atoms with Crippen LogP contribution in [-0.2, 0) is 6.54 Å². The summed E-state index contributed by atoms with van der Waals surface area (Å²) in [5.41, 5.74) is 9.07. The van der Waals surface area contributed by atoms with Crippen molar-refractivity contribution < 1.29 is 0 Å². The summed E-state index contributed by atoms with van der Waals surface area (Å²) in [6.45, 7) is 0.827. The minimum Gasteiger partial charge on any atom is -0.397 e. The fourth-order valence-corrected chi connectivity index (χ4v) is 2.41. The molecule has 0 aliphatic rings. The van der Waals surface area contributed by atoms with E-state index in [2.05, 4.69) is 48.9 Å². The first-order valence-electron chi connectivity index (χ1n) is 5.57. The van der Waals surface area contributed by atoms with Crippen molar-refractivity contribution >= 4 is 43.2 Å². The fourth-order valence-electron chi connectivity index (χ4n) is 1.80. The molecule has 0 unspecified atom stereocenters. The number of hydrogen-bond acceptors (Lipinski definition) is 2. The quantitative estimate of drug-likeness (QED) is 0.811. The average molecular weight is 370 g/mol. The molecule has 94 valence electrons. The minimum atomic E-state index is 0.790. The molecule has 0 radical (unpaired) electrons. The van der Waals surface area contributed by atoms with Crippen molar-refractivity contribution in [2.75, 3.05) is 17.7 Å². The highest BCUT2D eigenvalue weighted by Crippen LogP contribution is 2.27. The highest BCUT2D eigenvalue weighted by molar-refractivity contribution is 9.10. The van der Waals surface area contributed by atoms with E-state index in [0.717, 1.165) is 26.9 Å². The Bertz CT molecular complexity index is 538. The molecule has 18 heavy (non-hydrogen) atoms. The van der Waals surface area contributed by atoms with Crippen molar-refractivity contribution in [2.24, 2.45) is 0 Å². The molecule has 2 aromatic rings. The van der Waals surface area contributed by atoms with E-state index in [1.165, 1.54) is 5.56 Å². The fraction of sp³-hybridized carbons (Fsp3) is 0.143. The van der Waals surface area contributed by atoms with Crippen LogP contribution in [0.5, 0.6) is 0 Å². The van der Waals surface area contributed by atoms with E-state index in [9.17, 15) is 0 Å². The molecule has 2 rings (SSSR count). The Balaban J connectivity index is 2.18. The molecular formula is C14H14Br2N2. The standard InChI is InChI=1S/C14H14Br2N2/c1-18(9-10-2-4-11(15)5-3-10)14-8-12(16)6-7-13(14)17/h2-8H,9,17H2,1H3. The second-order valence-electron chi connectivity index (χ2n) is 4.19. The van der Waals surface area contributed by atoms with Crippen LogP contribution in [0.1, 0.15) is 5.56 Å². The van der Waals surface area contributed by atoms with Crippen LogP contribution in [0.25, 0.3) is 0 Å². The molecule has 4 heteroatoms. The second kappa shape index (κ2) is 5.76. The topological polar surface area (TPSA) is 29.3 Å². The van der Waals surface area contributed by atoms with Gasteiger partial charge in [-0.05, 0) is 35.9 Å². The molecule has 0 heterocycles. The van der Waals surface area contributed by atoms with Gasteiger partial charge < -0.3 is 10.6 Å². The van der Waals surface area contributed by atoms with Gasteiger partial charge in [-0.15, -0.1) is 0 Å². The zero-order valence-corrected chi connectivity index (χ0v) is 13.2. The average Bonchev–Trinajstić information content (AvgIpc) is 2.35. The van der Waals surface area contributed by atoms with E-state index >= 15 is 0 Å². The third-order valence-electron chi connectivity index (χ3n) is 2.74. The molecule has 0 saturated carbocycles. The molecule has 0 spiro atoms. The molecule has 0 saturated heterocycles. The number of rotatable bonds is 3. The summed E-state index contributed by atoms with van der Waals surface area (Å²) < 4.78 is 2.13. The van der Waals surface area contributed by atoms with Crippen LogP contribution in [0.15, 0.2) is 51.4 Å². The number of anilines is 2. The number of benzene rings is 2. The number of hydrogen-bond donors (Lipinski definition) is 1. The maximum atomic E-state index is 6.00. The molecule has 0 aliphatic carbocycles. The van der Waals surface area contributed by atoms with Gasteiger partial charge in [0.15, 0.2) is 0 Å². The summed E-state index contributed by atoms with van der Waals surface area (Å²) >= 11 is 6.91. The van der Waals surface area contributed by atoms with Crippen LogP contribution in [0.2, 0.25) is 0 Å². The van der Waals surface area contributed by atoms with E-state index in [-0.39, 0.29) is 0 Å². The number of nitrogen functional groups attached to an aromatic ring is 1. The molecule has 0 aromatic heterocycles. The summed E-state index contributed by atoms with van der Waals surface area (Å²) in [6, 6.07) is 14.2. The molecule has 2 nitrogen and oxygen atoms in total.